The Morgan fingerprint density at radius 1 is 1.37 bits per heavy atom. The van der Waals surface area contributed by atoms with Gasteiger partial charge in [-0.2, -0.15) is 0 Å². The molecule has 0 fully saturated rings. The first-order valence-corrected chi connectivity index (χ1v) is 6.86. The molecule has 0 aliphatic heterocycles. The lowest BCUT2D eigenvalue weighted by Crippen LogP contribution is -2.38. The Labute approximate surface area is 115 Å². The predicted molar refractivity (Wildman–Crippen MR) is 76.3 cm³/mol. The molecule has 0 unspecified atom stereocenters. The third kappa shape index (κ3) is 4.14. The van der Waals surface area contributed by atoms with Crippen molar-refractivity contribution < 1.29 is 9.84 Å². The van der Waals surface area contributed by atoms with Crippen LogP contribution < -0.4 is 4.90 Å². The highest BCUT2D eigenvalue weighted by Crippen LogP contribution is 2.17. The summed E-state index contributed by atoms with van der Waals surface area (Å²) in [5.74, 6) is 0.723. The van der Waals surface area contributed by atoms with Gasteiger partial charge in [-0.15, -0.1) is 0 Å². The molecule has 0 aliphatic carbocycles. The van der Waals surface area contributed by atoms with Gasteiger partial charge in [-0.25, -0.2) is 9.97 Å². The van der Waals surface area contributed by atoms with Crippen LogP contribution in [0.3, 0.4) is 0 Å². The van der Waals surface area contributed by atoms with E-state index in [2.05, 4.69) is 28.7 Å². The summed E-state index contributed by atoms with van der Waals surface area (Å²) in [6.07, 6.45) is 3.80. The lowest BCUT2D eigenvalue weighted by molar-refractivity contribution is 0.202. The van der Waals surface area contributed by atoms with E-state index in [1.807, 2.05) is 6.92 Å². The second-order valence-electron chi connectivity index (χ2n) is 4.60. The highest BCUT2D eigenvalue weighted by Gasteiger charge is 2.18. The van der Waals surface area contributed by atoms with Gasteiger partial charge in [-0.3, -0.25) is 0 Å². The van der Waals surface area contributed by atoms with Crippen LogP contribution in [0.4, 0.5) is 5.95 Å². The van der Waals surface area contributed by atoms with Crippen LogP contribution in [0.25, 0.3) is 0 Å². The molecule has 5 nitrogen and oxygen atoms in total. The molecule has 1 heterocycles. The van der Waals surface area contributed by atoms with Crippen LogP contribution in [0, 0.1) is 6.92 Å². The van der Waals surface area contributed by atoms with Crippen molar-refractivity contribution in [3.8, 4) is 0 Å². The van der Waals surface area contributed by atoms with Gasteiger partial charge in [-0.05, 0) is 19.8 Å². The maximum Gasteiger partial charge on any atom is 0.225 e. The Hall–Kier alpha value is -1.20. The van der Waals surface area contributed by atoms with Gasteiger partial charge in [0.2, 0.25) is 5.95 Å². The number of hydrogen-bond donors (Lipinski definition) is 1. The third-order valence-electron chi connectivity index (χ3n) is 3.42. The van der Waals surface area contributed by atoms with Gasteiger partial charge < -0.3 is 14.7 Å². The second-order valence-corrected chi connectivity index (χ2v) is 4.60. The van der Waals surface area contributed by atoms with E-state index in [1.165, 1.54) is 0 Å². The number of nitrogens with zero attached hydrogens (tertiary/aromatic N) is 3. The van der Waals surface area contributed by atoms with Crippen LogP contribution in [0.5, 0.6) is 0 Å². The Morgan fingerprint density at radius 3 is 2.53 bits per heavy atom. The summed E-state index contributed by atoms with van der Waals surface area (Å²) >= 11 is 0. The van der Waals surface area contributed by atoms with Crippen LogP contribution >= 0.6 is 0 Å². The van der Waals surface area contributed by atoms with Crippen molar-refractivity contribution >= 4 is 5.95 Å². The summed E-state index contributed by atoms with van der Waals surface area (Å²) in [4.78, 5) is 11.1. The Balaban J connectivity index is 2.98. The molecule has 0 spiro atoms. The number of aryl methyl sites for hydroxylation is 1. The molecule has 1 N–H and O–H groups in total. The number of anilines is 1. The molecule has 0 aromatic carbocycles. The predicted octanol–water partition coefficient (Wildman–Crippen LogP) is 1.92. The third-order valence-corrected chi connectivity index (χ3v) is 3.42. The van der Waals surface area contributed by atoms with E-state index in [9.17, 15) is 5.11 Å². The first-order valence-electron chi connectivity index (χ1n) is 6.86. The van der Waals surface area contributed by atoms with Crippen LogP contribution in [-0.2, 0) is 11.3 Å². The topological polar surface area (TPSA) is 58.5 Å². The standard InChI is InChI=1S/C14H25N3O2/c1-5-13(6-2)17(7-8-19-4)14-15-9-12(10-18)11(3)16-14/h9,13,18H,5-8,10H2,1-4H3. The molecule has 108 valence electrons. The average Bonchev–Trinajstić information content (AvgIpc) is 2.43. The summed E-state index contributed by atoms with van der Waals surface area (Å²) in [6, 6.07) is 0.412. The van der Waals surface area contributed by atoms with Crippen LogP contribution in [0.15, 0.2) is 6.20 Å². The van der Waals surface area contributed by atoms with Crippen LogP contribution in [0.1, 0.15) is 37.9 Å². The average molecular weight is 267 g/mol. The highest BCUT2D eigenvalue weighted by molar-refractivity contribution is 5.34. The molecule has 0 amide bonds. The molecule has 0 bridgehead atoms. The van der Waals surface area contributed by atoms with E-state index in [-0.39, 0.29) is 6.61 Å². The quantitative estimate of drug-likeness (QED) is 0.780. The molecule has 0 radical (unpaired) electrons. The second kappa shape index (κ2) is 8.07. The normalized spacial score (nSPS) is 11.1. The number of aliphatic hydroxyl groups is 1. The molecule has 0 aliphatic rings. The molecular formula is C14H25N3O2. The molecule has 1 aromatic heterocycles. The zero-order valence-electron chi connectivity index (χ0n) is 12.4. The van der Waals surface area contributed by atoms with Gasteiger partial charge in [0.15, 0.2) is 0 Å². The highest BCUT2D eigenvalue weighted by atomic mass is 16.5. The maximum atomic E-state index is 9.18. The number of hydrogen-bond acceptors (Lipinski definition) is 5. The van der Waals surface area contributed by atoms with Crippen molar-refractivity contribution in [3.63, 3.8) is 0 Å². The first-order chi connectivity index (χ1) is 9.17. The smallest absolute Gasteiger partial charge is 0.225 e. The molecule has 1 aromatic rings. The van der Waals surface area contributed by atoms with E-state index in [0.717, 1.165) is 36.6 Å². The minimum atomic E-state index is -0.0187. The van der Waals surface area contributed by atoms with Crippen molar-refractivity contribution in [2.75, 3.05) is 25.2 Å². The van der Waals surface area contributed by atoms with Gasteiger partial charge in [0.05, 0.1) is 13.2 Å². The van der Waals surface area contributed by atoms with Crippen molar-refractivity contribution in [3.05, 3.63) is 17.5 Å². The van der Waals surface area contributed by atoms with Gasteiger partial charge in [0.25, 0.3) is 0 Å². The van der Waals surface area contributed by atoms with Crippen LogP contribution in [0.2, 0.25) is 0 Å². The minimum Gasteiger partial charge on any atom is -0.392 e. The van der Waals surface area contributed by atoms with Crippen molar-refractivity contribution in [1.29, 1.82) is 0 Å². The van der Waals surface area contributed by atoms with E-state index < -0.39 is 0 Å². The van der Waals surface area contributed by atoms with Gasteiger partial charge in [0, 0.05) is 37.2 Å². The number of ether oxygens (including phenoxy) is 1. The van der Waals surface area contributed by atoms with E-state index >= 15 is 0 Å². The number of rotatable bonds is 8. The summed E-state index contributed by atoms with van der Waals surface area (Å²) < 4.78 is 5.17. The van der Waals surface area contributed by atoms with E-state index in [4.69, 9.17) is 4.74 Å². The zero-order chi connectivity index (χ0) is 14.3. The fourth-order valence-electron chi connectivity index (χ4n) is 2.14. The molecule has 19 heavy (non-hydrogen) atoms. The molecule has 0 saturated carbocycles. The largest absolute Gasteiger partial charge is 0.392 e. The molecule has 5 heteroatoms. The van der Waals surface area contributed by atoms with Crippen molar-refractivity contribution in [2.45, 2.75) is 46.3 Å². The Bertz CT molecular complexity index is 381. The van der Waals surface area contributed by atoms with Gasteiger partial charge in [0.1, 0.15) is 0 Å². The molecule has 0 atom stereocenters. The summed E-state index contributed by atoms with van der Waals surface area (Å²) in [6.45, 7) is 7.65. The van der Waals surface area contributed by atoms with Gasteiger partial charge >= 0.3 is 0 Å². The Kier molecular flexibility index (Phi) is 6.73. The maximum absolute atomic E-state index is 9.18. The first kappa shape index (κ1) is 15.9. The molecule has 0 saturated heterocycles. The minimum absolute atomic E-state index is 0.0187. The van der Waals surface area contributed by atoms with E-state index in [1.54, 1.807) is 13.3 Å². The van der Waals surface area contributed by atoms with Crippen LogP contribution in [-0.4, -0.2) is 41.4 Å². The number of aromatic nitrogens is 2. The fraction of sp³-hybridized carbons (Fsp3) is 0.714. The van der Waals surface area contributed by atoms with E-state index in [0.29, 0.717) is 12.6 Å². The molecule has 1 rings (SSSR count). The monoisotopic (exact) mass is 267 g/mol. The summed E-state index contributed by atoms with van der Waals surface area (Å²) in [5, 5.41) is 9.18. The SMILES string of the molecule is CCC(CC)N(CCOC)c1ncc(CO)c(C)n1. The summed E-state index contributed by atoms with van der Waals surface area (Å²) in [5.41, 5.74) is 1.61. The lowest BCUT2D eigenvalue weighted by Gasteiger charge is -2.30. The molecular weight excluding hydrogens is 242 g/mol. The summed E-state index contributed by atoms with van der Waals surface area (Å²) in [7, 11) is 1.70. The lowest BCUT2D eigenvalue weighted by atomic mass is 10.1. The number of methoxy groups -OCH3 is 1. The van der Waals surface area contributed by atoms with Crippen molar-refractivity contribution in [2.24, 2.45) is 0 Å². The Morgan fingerprint density at radius 2 is 2.05 bits per heavy atom. The van der Waals surface area contributed by atoms with Gasteiger partial charge in [-0.1, -0.05) is 13.8 Å². The fourth-order valence-corrected chi connectivity index (χ4v) is 2.14. The zero-order valence-corrected chi connectivity index (χ0v) is 12.4. The number of aliphatic hydroxyl groups excluding tert-OH is 1. The van der Waals surface area contributed by atoms with Crippen molar-refractivity contribution in [1.82, 2.24) is 9.97 Å².